The molecule has 0 aliphatic rings. The summed E-state index contributed by atoms with van der Waals surface area (Å²) in [4.78, 5) is 10.9. The predicted molar refractivity (Wildman–Crippen MR) is 74.2 cm³/mol. The number of hydrogen-bond donors (Lipinski definition) is 2. The molecule has 0 fully saturated rings. The number of nitrogens with one attached hydrogen (secondary N) is 1. The van der Waals surface area contributed by atoms with Crippen molar-refractivity contribution >= 4 is 16.0 Å². The van der Waals surface area contributed by atoms with Crippen molar-refractivity contribution in [2.24, 2.45) is 5.92 Å². The van der Waals surface area contributed by atoms with Gasteiger partial charge in [0.25, 0.3) is 0 Å². The van der Waals surface area contributed by atoms with Crippen molar-refractivity contribution in [3.8, 4) is 5.75 Å². The SMILES string of the molecule is CCOc1ccc(S(=O)(=O)NC(C)C(C)C(=O)O)cc1. The number of carboxylic acid groups (broad SMARTS) is 1. The molecule has 0 radical (unpaired) electrons. The van der Waals surface area contributed by atoms with E-state index in [9.17, 15) is 13.2 Å². The number of sulfonamides is 1. The maximum absolute atomic E-state index is 12.1. The number of carboxylic acids is 1. The minimum atomic E-state index is -3.74. The van der Waals surface area contributed by atoms with Gasteiger partial charge in [0.15, 0.2) is 0 Å². The van der Waals surface area contributed by atoms with Gasteiger partial charge < -0.3 is 9.84 Å². The highest BCUT2D eigenvalue weighted by molar-refractivity contribution is 7.89. The molecule has 1 aromatic carbocycles. The van der Waals surface area contributed by atoms with Crippen LogP contribution in [0.1, 0.15) is 20.8 Å². The topological polar surface area (TPSA) is 92.7 Å². The second kappa shape index (κ2) is 6.71. The molecule has 20 heavy (non-hydrogen) atoms. The highest BCUT2D eigenvalue weighted by atomic mass is 32.2. The van der Waals surface area contributed by atoms with E-state index in [4.69, 9.17) is 9.84 Å². The molecule has 7 heteroatoms. The first kappa shape index (κ1) is 16.5. The highest BCUT2D eigenvalue weighted by Crippen LogP contribution is 2.17. The lowest BCUT2D eigenvalue weighted by molar-refractivity contribution is -0.141. The van der Waals surface area contributed by atoms with Crippen LogP contribution in [0.15, 0.2) is 29.2 Å². The molecule has 0 aliphatic heterocycles. The molecule has 0 aliphatic carbocycles. The van der Waals surface area contributed by atoms with Crippen LogP contribution in [0, 0.1) is 5.92 Å². The fourth-order valence-electron chi connectivity index (χ4n) is 1.51. The summed E-state index contributed by atoms with van der Waals surface area (Å²) in [5, 5.41) is 8.86. The summed E-state index contributed by atoms with van der Waals surface area (Å²) in [6.07, 6.45) is 0. The summed E-state index contributed by atoms with van der Waals surface area (Å²) in [6, 6.07) is 5.26. The summed E-state index contributed by atoms with van der Waals surface area (Å²) in [5.74, 6) is -1.28. The largest absolute Gasteiger partial charge is 0.494 e. The van der Waals surface area contributed by atoms with Gasteiger partial charge in [-0.2, -0.15) is 0 Å². The molecule has 0 saturated heterocycles. The fraction of sp³-hybridized carbons (Fsp3) is 0.462. The smallest absolute Gasteiger partial charge is 0.307 e. The van der Waals surface area contributed by atoms with Crippen molar-refractivity contribution in [3.63, 3.8) is 0 Å². The van der Waals surface area contributed by atoms with Crippen LogP contribution in [0.4, 0.5) is 0 Å². The lowest BCUT2D eigenvalue weighted by atomic mass is 10.1. The Morgan fingerprint density at radius 2 is 1.85 bits per heavy atom. The van der Waals surface area contributed by atoms with Gasteiger partial charge in [0, 0.05) is 6.04 Å². The summed E-state index contributed by atoms with van der Waals surface area (Å²) in [6.45, 7) is 5.30. The van der Waals surface area contributed by atoms with Crippen molar-refractivity contribution in [3.05, 3.63) is 24.3 Å². The van der Waals surface area contributed by atoms with Gasteiger partial charge in [0.1, 0.15) is 5.75 Å². The van der Waals surface area contributed by atoms with Crippen LogP contribution in [0.25, 0.3) is 0 Å². The molecule has 0 amide bonds. The van der Waals surface area contributed by atoms with Gasteiger partial charge in [-0.3, -0.25) is 4.79 Å². The van der Waals surface area contributed by atoms with E-state index in [1.165, 1.54) is 26.0 Å². The zero-order chi connectivity index (χ0) is 15.3. The van der Waals surface area contributed by atoms with E-state index in [1.54, 1.807) is 12.1 Å². The summed E-state index contributed by atoms with van der Waals surface area (Å²) >= 11 is 0. The Balaban J connectivity index is 2.85. The third-order valence-corrected chi connectivity index (χ3v) is 4.50. The minimum Gasteiger partial charge on any atom is -0.494 e. The molecular formula is C13H19NO5S. The van der Waals surface area contributed by atoms with E-state index in [-0.39, 0.29) is 4.90 Å². The molecule has 2 atom stereocenters. The second-order valence-electron chi connectivity index (χ2n) is 4.44. The van der Waals surface area contributed by atoms with E-state index in [2.05, 4.69) is 4.72 Å². The Bertz CT molecular complexity index is 553. The van der Waals surface area contributed by atoms with Gasteiger partial charge in [-0.25, -0.2) is 13.1 Å². The predicted octanol–water partition coefficient (Wildman–Crippen LogP) is 1.47. The van der Waals surface area contributed by atoms with Crippen LogP contribution >= 0.6 is 0 Å². The number of carbonyl (C=O) groups is 1. The Morgan fingerprint density at radius 1 is 1.30 bits per heavy atom. The fourth-order valence-corrected chi connectivity index (χ4v) is 2.83. The minimum absolute atomic E-state index is 0.0744. The lowest BCUT2D eigenvalue weighted by Crippen LogP contribution is -2.39. The number of ether oxygens (including phenoxy) is 1. The molecule has 2 N–H and O–H groups in total. The van der Waals surface area contributed by atoms with Crippen LogP contribution in [0.5, 0.6) is 5.75 Å². The van der Waals surface area contributed by atoms with Crippen molar-refractivity contribution in [2.75, 3.05) is 6.61 Å². The summed E-state index contributed by atoms with van der Waals surface area (Å²) in [5.41, 5.74) is 0. The molecule has 0 aromatic heterocycles. The van der Waals surface area contributed by atoms with E-state index in [0.29, 0.717) is 12.4 Å². The van der Waals surface area contributed by atoms with Crippen molar-refractivity contribution in [1.82, 2.24) is 4.72 Å². The van der Waals surface area contributed by atoms with Gasteiger partial charge in [-0.15, -0.1) is 0 Å². The Labute approximate surface area is 118 Å². The normalized spacial score (nSPS) is 14.6. The van der Waals surface area contributed by atoms with Crippen LogP contribution in [-0.2, 0) is 14.8 Å². The van der Waals surface area contributed by atoms with Crippen molar-refractivity contribution in [2.45, 2.75) is 31.7 Å². The van der Waals surface area contributed by atoms with Gasteiger partial charge in [0.05, 0.1) is 17.4 Å². The standard InChI is InChI=1S/C13H19NO5S/c1-4-19-11-5-7-12(8-6-11)20(17,18)14-10(3)9(2)13(15)16/h5-10,14H,4H2,1-3H3,(H,15,16). The second-order valence-corrected chi connectivity index (χ2v) is 6.16. The van der Waals surface area contributed by atoms with E-state index < -0.39 is 28.0 Å². The first-order valence-corrected chi connectivity index (χ1v) is 7.74. The zero-order valence-corrected chi connectivity index (χ0v) is 12.5. The molecule has 0 saturated carbocycles. The maximum Gasteiger partial charge on any atom is 0.307 e. The molecular weight excluding hydrogens is 282 g/mol. The Morgan fingerprint density at radius 3 is 2.30 bits per heavy atom. The summed E-state index contributed by atoms with van der Waals surface area (Å²) in [7, 11) is -3.74. The Hall–Kier alpha value is -1.60. The number of aliphatic carboxylic acids is 1. The van der Waals surface area contributed by atoms with E-state index in [0.717, 1.165) is 0 Å². The van der Waals surface area contributed by atoms with Crippen molar-refractivity contribution < 1.29 is 23.1 Å². The number of benzene rings is 1. The van der Waals surface area contributed by atoms with E-state index >= 15 is 0 Å². The Kier molecular flexibility index (Phi) is 5.52. The zero-order valence-electron chi connectivity index (χ0n) is 11.7. The quantitative estimate of drug-likeness (QED) is 0.795. The van der Waals surface area contributed by atoms with Crippen LogP contribution in [0.2, 0.25) is 0 Å². The molecule has 0 bridgehead atoms. The van der Waals surface area contributed by atoms with Gasteiger partial charge >= 0.3 is 5.97 Å². The molecule has 0 spiro atoms. The molecule has 112 valence electrons. The van der Waals surface area contributed by atoms with Crippen LogP contribution in [-0.4, -0.2) is 32.1 Å². The monoisotopic (exact) mass is 301 g/mol. The third kappa shape index (κ3) is 4.21. The first-order chi connectivity index (χ1) is 9.27. The molecule has 0 heterocycles. The molecule has 2 unspecified atom stereocenters. The lowest BCUT2D eigenvalue weighted by Gasteiger charge is -2.17. The van der Waals surface area contributed by atoms with Gasteiger partial charge in [-0.1, -0.05) is 6.92 Å². The third-order valence-electron chi connectivity index (χ3n) is 2.93. The highest BCUT2D eigenvalue weighted by Gasteiger charge is 2.25. The first-order valence-electron chi connectivity index (χ1n) is 6.26. The maximum atomic E-state index is 12.1. The van der Waals surface area contributed by atoms with Crippen molar-refractivity contribution in [1.29, 1.82) is 0 Å². The average molecular weight is 301 g/mol. The van der Waals surface area contributed by atoms with Gasteiger partial charge in [0.2, 0.25) is 10.0 Å². The van der Waals surface area contributed by atoms with Crippen LogP contribution in [0.3, 0.4) is 0 Å². The van der Waals surface area contributed by atoms with Gasteiger partial charge in [-0.05, 0) is 38.1 Å². The van der Waals surface area contributed by atoms with Crippen LogP contribution < -0.4 is 9.46 Å². The molecule has 1 rings (SSSR count). The van der Waals surface area contributed by atoms with E-state index in [1.807, 2.05) is 6.92 Å². The molecule has 1 aromatic rings. The average Bonchev–Trinajstić information content (AvgIpc) is 2.38. The summed E-state index contributed by atoms with van der Waals surface area (Å²) < 4.78 is 31.8. The number of rotatable bonds is 7. The number of hydrogen-bond acceptors (Lipinski definition) is 4. The molecule has 6 nitrogen and oxygen atoms in total.